The molecule has 8 aliphatic rings. The quantitative estimate of drug-likeness (QED) is 0.0801. The van der Waals surface area contributed by atoms with Crippen LogP contribution in [0.3, 0.4) is 0 Å². The molecule has 0 radical (unpaired) electrons. The number of hydrogen-bond acceptors (Lipinski definition) is 14. The molecule has 4 aliphatic heterocycles. The number of hydrogen-bond donors (Lipinski definition) is 0. The van der Waals surface area contributed by atoms with Crippen LogP contribution in [0.2, 0.25) is 13.1 Å². The molecule has 0 fully saturated rings. The fraction of sp³-hybridized carbons (Fsp3) is 0.0238. The Labute approximate surface area is 838 Å². The molecule has 0 bridgehead atoms. The standard InChI is InChI=1S/C33H22N2O2.2C32H19NO2Se.C29H22N2O2Si/c1-34-28-10-4-6-12-30(28)35(31-13-7-5-11-29(31)34)24-16-14-21(15-17-24)18-27-32(36)25-19-22-8-2-3-9-23(22)20-26(25)33(27)37;2*34-31-24-18-21-7-1-2-8-22(21)19-25(24)32(35)26(31)17-20-13-15-23(16-14-20)33-27-9-3-5-11-29(27)36-30-12-6-4-10-28(30)33;1-34(2)25-13-7-5-11-23(25)31(24-12-6-8-14-26(24)34)27-16-15-19(18-30-27)17-22-28(32)20-9-3-4-10-21(20)29(22)33/h2-20H,1H3;2*1-19H;3-18H,1-2H3. The number of allylic oxidation sites excluding steroid dienone is 4. The Morgan fingerprint density at radius 2 is 0.455 bits per heavy atom. The molecular formula is C126H82N6O8Se2Si. The van der Waals surface area contributed by atoms with Crippen LogP contribution in [-0.2, 0) is 0 Å². The summed E-state index contributed by atoms with van der Waals surface area (Å²) in [7, 11) is 0.242. The van der Waals surface area contributed by atoms with Crippen LogP contribution < -0.4 is 52.7 Å². The van der Waals surface area contributed by atoms with Gasteiger partial charge in [-0.1, -0.05) is 183 Å². The molecule has 0 unspecified atom stereocenters. The first-order valence-corrected chi connectivity index (χ1v) is 53.6. The van der Waals surface area contributed by atoms with Crippen LogP contribution in [0.25, 0.3) is 56.6 Å². The Kier molecular flexibility index (Phi) is 22.2. The number of rotatable bonds is 8. The van der Waals surface area contributed by atoms with E-state index in [0.29, 0.717) is 44.5 Å². The molecule has 1 aromatic heterocycles. The van der Waals surface area contributed by atoms with E-state index in [9.17, 15) is 38.4 Å². The summed E-state index contributed by atoms with van der Waals surface area (Å²) in [6.07, 6.45) is 8.54. The van der Waals surface area contributed by atoms with Crippen LogP contribution >= 0.6 is 0 Å². The molecule has 17 heteroatoms. The number of nitrogens with zero attached hydrogens (tertiary/aromatic N) is 6. The molecule has 18 aromatic carbocycles. The number of para-hydroxylation sites is 10. The number of Topliss-reactive ketones (excluding diaryl/α,β-unsaturated/α-hetero) is 8. The molecule has 4 aliphatic carbocycles. The van der Waals surface area contributed by atoms with E-state index >= 15 is 0 Å². The molecular weight excluding hydrogens is 1910 g/mol. The van der Waals surface area contributed by atoms with E-state index in [1.807, 2.05) is 194 Å². The summed E-state index contributed by atoms with van der Waals surface area (Å²) < 4.78 is 5.40. The molecule has 0 saturated carbocycles. The molecule has 14 nitrogen and oxygen atoms in total. The third-order valence-corrected chi connectivity index (χ3v) is 35.9. The Hall–Kier alpha value is -17.5. The number of benzene rings is 18. The molecule has 0 spiro atoms. The van der Waals surface area contributed by atoms with Crippen molar-refractivity contribution in [2.24, 2.45) is 0 Å². The molecule has 27 rings (SSSR count). The van der Waals surface area contributed by atoms with Gasteiger partial charge in [-0.15, -0.1) is 0 Å². The average molecular weight is 1990 g/mol. The second-order valence-electron chi connectivity index (χ2n) is 36.5. The van der Waals surface area contributed by atoms with E-state index in [1.165, 1.54) is 51.0 Å². The topological polar surface area (TPSA) is 166 Å². The van der Waals surface area contributed by atoms with Crippen LogP contribution in [-0.4, -0.2) is 96.3 Å². The number of carbonyl (C=O) groups is 8. The van der Waals surface area contributed by atoms with Gasteiger partial charge in [0.05, 0.1) is 33.9 Å². The normalized spacial score (nSPS) is 14.4. The van der Waals surface area contributed by atoms with E-state index in [0.717, 1.165) is 112 Å². The van der Waals surface area contributed by atoms with Crippen molar-refractivity contribution in [3.8, 4) is 0 Å². The molecule has 19 aromatic rings. The van der Waals surface area contributed by atoms with Crippen molar-refractivity contribution in [2.75, 3.05) is 31.5 Å². The summed E-state index contributed by atoms with van der Waals surface area (Å²) in [6, 6.07) is 137. The Balaban J connectivity index is 0.000000103. The Bertz CT molecular complexity index is 8190. The number of anilines is 14. The van der Waals surface area contributed by atoms with Gasteiger partial charge in [0.1, 0.15) is 13.9 Å². The van der Waals surface area contributed by atoms with Crippen molar-refractivity contribution in [2.45, 2.75) is 13.1 Å². The second kappa shape index (κ2) is 36.0. The molecule has 680 valence electrons. The SMILES string of the molecule is CN1c2ccccc2N(c2ccc(C=C3C(=O)c4cc5ccccc5cc4C3=O)cc2)c2ccccc21.C[Si]1(C)c2ccccc2N(c2ccc(C=C3C(=O)c4ccccc4C3=O)cn2)c2ccccc21.O=C1C(=Cc2ccc(N3c4ccccc4[Se]c4ccccc43)cc2)C(=O)c2cc3ccccc3cc21.O=C1C(=Cc2ccc(N3c4ccccc4[Se]c4ccccc43)cc2)C(=O)c2cc3ccccc3cc21. The second-order valence-corrected chi connectivity index (χ2v) is 45.4. The van der Waals surface area contributed by atoms with Crippen molar-refractivity contribution in [1.29, 1.82) is 0 Å². The molecule has 0 N–H and O–H groups in total. The Morgan fingerprint density at radius 3 is 0.748 bits per heavy atom. The first-order chi connectivity index (χ1) is 69.9. The number of fused-ring (bicyclic) bond motifs is 15. The summed E-state index contributed by atoms with van der Waals surface area (Å²) >= 11 is 0.522. The summed E-state index contributed by atoms with van der Waals surface area (Å²) in [4.78, 5) is 120. The van der Waals surface area contributed by atoms with Crippen LogP contribution in [0, 0.1) is 0 Å². The molecule has 5 heterocycles. The number of pyridine rings is 1. The average Bonchev–Trinajstić information content (AvgIpc) is 1.68. The van der Waals surface area contributed by atoms with Gasteiger partial charge in [-0.25, -0.2) is 4.98 Å². The summed E-state index contributed by atoms with van der Waals surface area (Å²) in [5, 5.41) is 8.53. The van der Waals surface area contributed by atoms with E-state index in [1.54, 1.807) is 54.8 Å². The first-order valence-electron chi connectivity index (χ1n) is 47.1. The fourth-order valence-corrected chi connectivity index (χ4v) is 28.0. The fourth-order valence-electron chi connectivity index (χ4n) is 20.6. The van der Waals surface area contributed by atoms with Crippen molar-refractivity contribution in [1.82, 2.24) is 4.98 Å². The van der Waals surface area contributed by atoms with Crippen molar-refractivity contribution in [3.05, 3.63) is 508 Å². The minimum atomic E-state index is -1.84. The zero-order valence-electron chi connectivity index (χ0n) is 77.4. The zero-order valence-corrected chi connectivity index (χ0v) is 81.8. The van der Waals surface area contributed by atoms with Gasteiger partial charge in [-0.2, -0.15) is 0 Å². The minimum absolute atomic E-state index is 0.192. The molecule has 0 amide bonds. The first kappa shape index (κ1) is 88.2. The predicted molar refractivity (Wildman–Crippen MR) is 582 cm³/mol. The van der Waals surface area contributed by atoms with Crippen LogP contribution in [0.15, 0.2) is 441 Å². The number of ketones is 8. The van der Waals surface area contributed by atoms with Gasteiger partial charge in [0.25, 0.3) is 0 Å². The van der Waals surface area contributed by atoms with E-state index in [-0.39, 0.29) is 98.5 Å². The van der Waals surface area contributed by atoms with Gasteiger partial charge < -0.3 is 9.80 Å². The number of carbonyl (C=O) groups excluding carboxylic acids is 8. The van der Waals surface area contributed by atoms with Gasteiger partial charge in [0, 0.05) is 52.6 Å². The van der Waals surface area contributed by atoms with Crippen molar-refractivity contribution in [3.63, 3.8) is 0 Å². The third kappa shape index (κ3) is 15.6. The van der Waals surface area contributed by atoms with Crippen molar-refractivity contribution >= 4 is 249 Å². The maximum atomic E-state index is 13.2. The number of aromatic nitrogens is 1. The molecule has 143 heavy (non-hydrogen) atoms. The van der Waals surface area contributed by atoms with Crippen LogP contribution in [0.1, 0.15) is 105 Å². The van der Waals surface area contributed by atoms with Gasteiger partial charge >= 0.3 is 361 Å². The summed E-state index contributed by atoms with van der Waals surface area (Å²) in [6.45, 7) is 4.77. The van der Waals surface area contributed by atoms with Crippen molar-refractivity contribution < 1.29 is 38.4 Å². The molecule has 0 saturated heterocycles. The monoisotopic (exact) mass is 1990 g/mol. The Morgan fingerprint density at radius 1 is 0.224 bits per heavy atom. The van der Waals surface area contributed by atoms with Gasteiger partial charge in [0.15, 0.2) is 23.1 Å². The van der Waals surface area contributed by atoms with Gasteiger partial charge in [0.2, 0.25) is 0 Å². The summed E-state index contributed by atoms with van der Waals surface area (Å²) in [5.41, 5.74) is 22.6. The van der Waals surface area contributed by atoms with Crippen LogP contribution in [0.4, 0.5) is 79.8 Å². The van der Waals surface area contributed by atoms with Gasteiger partial charge in [-0.05, 0) is 139 Å². The maximum absolute atomic E-state index is 13.2. The van der Waals surface area contributed by atoms with E-state index < -0.39 is 8.07 Å². The zero-order chi connectivity index (χ0) is 97.0. The van der Waals surface area contributed by atoms with E-state index in [2.05, 4.69) is 239 Å². The van der Waals surface area contributed by atoms with E-state index in [4.69, 9.17) is 4.98 Å². The van der Waals surface area contributed by atoms with Gasteiger partial charge in [-0.3, -0.25) is 24.1 Å². The summed E-state index contributed by atoms with van der Waals surface area (Å²) in [5.74, 6) is -0.882. The predicted octanol–water partition coefficient (Wildman–Crippen LogP) is 24.5. The van der Waals surface area contributed by atoms with Crippen LogP contribution in [0.5, 0.6) is 0 Å². The molecule has 0 atom stereocenters. The third-order valence-electron chi connectivity index (χ3n) is 27.7.